The predicted octanol–water partition coefficient (Wildman–Crippen LogP) is 4.93. The number of aromatic nitrogens is 2. The number of nitrogens with one attached hydrogen (secondary N) is 1. The smallest absolute Gasteiger partial charge is 0.322 e. The van der Waals surface area contributed by atoms with Crippen molar-refractivity contribution in [2.45, 2.75) is 18.2 Å². The van der Waals surface area contributed by atoms with E-state index < -0.39 is 0 Å². The van der Waals surface area contributed by atoms with Crippen LogP contribution in [-0.2, 0) is 4.79 Å². The Hall–Kier alpha value is -2.12. The summed E-state index contributed by atoms with van der Waals surface area (Å²) in [6.45, 7) is 2.05. The molecule has 0 saturated heterocycles. The average Bonchev–Trinajstić information content (AvgIpc) is 3.05. The van der Waals surface area contributed by atoms with E-state index in [2.05, 4.69) is 62.6 Å². The van der Waals surface area contributed by atoms with E-state index >= 15 is 0 Å². The van der Waals surface area contributed by atoms with Crippen molar-refractivity contribution in [2.24, 2.45) is 0 Å². The Kier molecular flexibility index (Phi) is 5.88. The number of carbonyl (C=O) groups excluding carboxylic acids is 1. The zero-order valence-corrected chi connectivity index (χ0v) is 15.9. The van der Waals surface area contributed by atoms with Crippen LogP contribution in [0.1, 0.15) is 12.0 Å². The van der Waals surface area contributed by atoms with Crippen molar-refractivity contribution in [3.05, 3.63) is 58.6 Å². The number of anilines is 1. The van der Waals surface area contributed by atoms with Gasteiger partial charge in [-0.3, -0.25) is 10.1 Å². The molecule has 128 valence electrons. The van der Waals surface area contributed by atoms with E-state index in [-0.39, 0.29) is 11.9 Å². The molecule has 2 aromatic carbocycles. The molecule has 1 aromatic heterocycles. The largest absolute Gasteiger partial charge is 0.403 e. The van der Waals surface area contributed by atoms with E-state index in [0.717, 1.165) is 14.9 Å². The summed E-state index contributed by atoms with van der Waals surface area (Å²) in [7, 11) is 0. The lowest BCUT2D eigenvalue weighted by Crippen LogP contribution is -2.12. The van der Waals surface area contributed by atoms with E-state index in [0.29, 0.717) is 18.1 Å². The molecule has 0 aliphatic carbocycles. The van der Waals surface area contributed by atoms with Crippen molar-refractivity contribution in [1.82, 2.24) is 10.2 Å². The predicted molar refractivity (Wildman–Crippen MR) is 103 cm³/mol. The van der Waals surface area contributed by atoms with Gasteiger partial charge in [-0.2, -0.15) is 0 Å². The fourth-order valence-electron chi connectivity index (χ4n) is 2.09. The molecule has 0 spiro atoms. The highest BCUT2D eigenvalue weighted by Crippen LogP contribution is 2.23. The number of thioether (sulfide) groups is 1. The molecule has 5 nitrogen and oxygen atoms in total. The maximum absolute atomic E-state index is 12.0. The van der Waals surface area contributed by atoms with Gasteiger partial charge in [0.05, 0.1) is 0 Å². The van der Waals surface area contributed by atoms with E-state index in [4.69, 9.17) is 4.42 Å². The highest BCUT2D eigenvalue weighted by Gasteiger charge is 2.11. The van der Waals surface area contributed by atoms with E-state index in [1.807, 2.05) is 24.3 Å². The number of amides is 1. The van der Waals surface area contributed by atoms with Gasteiger partial charge >= 0.3 is 6.01 Å². The lowest BCUT2D eigenvalue weighted by atomic mass is 10.2. The molecular formula is C18H16BrN3O2S. The SMILES string of the molecule is Cc1ccc(SCCC(=O)Nc2nnc(-c3cccc(Br)c3)o2)cc1. The summed E-state index contributed by atoms with van der Waals surface area (Å²) < 4.78 is 6.41. The van der Waals surface area contributed by atoms with Crippen LogP contribution in [0.25, 0.3) is 11.5 Å². The molecule has 0 saturated carbocycles. The Balaban J connectivity index is 1.50. The lowest BCUT2D eigenvalue weighted by Gasteiger charge is -2.02. The maximum Gasteiger partial charge on any atom is 0.322 e. The van der Waals surface area contributed by atoms with Crippen molar-refractivity contribution in [3.63, 3.8) is 0 Å². The summed E-state index contributed by atoms with van der Waals surface area (Å²) >= 11 is 5.04. The average molecular weight is 418 g/mol. The molecule has 0 radical (unpaired) electrons. The second kappa shape index (κ2) is 8.31. The van der Waals surface area contributed by atoms with Crippen LogP contribution < -0.4 is 5.32 Å². The zero-order valence-electron chi connectivity index (χ0n) is 13.5. The summed E-state index contributed by atoms with van der Waals surface area (Å²) in [5, 5.41) is 10.5. The molecule has 0 unspecified atom stereocenters. The van der Waals surface area contributed by atoms with Gasteiger partial charge in [0.15, 0.2) is 0 Å². The number of rotatable bonds is 6. The highest BCUT2D eigenvalue weighted by atomic mass is 79.9. The quantitative estimate of drug-likeness (QED) is 0.575. The van der Waals surface area contributed by atoms with Crippen LogP contribution in [0.4, 0.5) is 6.01 Å². The van der Waals surface area contributed by atoms with E-state index in [1.54, 1.807) is 11.8 Å². The molecule has 0 atom stereocenters. The fraction of sp³-hybridized carbons (Fsp3) is 0.167. The first-order chi connectivity index (χ1) is 12.1. The molecule has 0 bridgehead atoms. The molecule has 7 heteroatoms. The Labute approximate surface area is 158 Å². The molecule has 1 amide bonds. The molecule has 1 heterocycles. The molecule has 0 aliphatic heterocycles. The Morgan fingerprint density at radius 3 is 2.76 bits per heavy atom. The molecule has 25 heavy (non-hydrogen) atoms. The van der Waals surface area contributed by atoms with Crippen LogP contribution in [0.2, 0.25) is 0 Å². The summed E-state index contributed by atoms with van der Waals surface area (Å²) in [6.07, 6.45) is 0.368. The molecule has 3 rings (SSSR count). The van der Waals surface area contributed by atoms with E-state index in [9.17, 15) is 4.79 Å². The fourth-order valence-corrected chi connectivity index (χ4v) is 3.34. The first-order valence-electron chi connectivity index (χ1n) is 7.69. The normalized spacial score (nSPS) is 10.6. The van der Waals surface area contributed by atoms with Gasteiger partial charge in [0.2, 0.25) is 11.8 Å². The molecule has 0 aliphatic rings. The minimum absolute atomic E-state index is 0.111. The van der Waals surface area contributed by atoms with Gasteiger partial charge < -0.3 is 4.42 Å². The summed E-state index contributed by atoms with van der Waals surface area (Å²) in [5.74, 6) is 0.899. The third-order valence-corrected chi connectivity index (χ3v) is 4.87. The summed E-state index contributed by atoms with van der Waals surface area (Å²) in [4.78, 5) is 13.1. The number of nitrogens with zero attached hydrogens (tertiary/aromatic N) is 2. The number of hydrogen-bond acceptors (Lipinski definition) is 5. The Morgan fingerprint density at radius 2 is 2.00 bits per heavy atom. The van der Waals surface area contributed by atoms with Crippen molar-refractivity contribution in [1.29, 1.82) is 0 Å². The lowest BCUT2D eigenvalue weighted by molar-refractivity contribution is -0.115. The van der Waals surface area contributed by atoms with Gasteiger partial charge in [-0.15, -0.1) is 16.9 Å². The van der Waals surface area contributed by atoms with Crippen LogP contribution >= 0.6 is 27.7 Å². The number of carbonyl (C=O) groups is 1. The monoisotopic (exact) mass is 417 g/mol. The van der Waals surface area contributed by atoms with Gasteiger partial charge in [0, 0.05) is 27.1 Å². The molecule has 0 fully saturated rings. The van der Waals surface area contributed by atoms with Crippen molar-refractivity contribution in [3.8, 4) is 11.5 Å². The number of halogens is 1. The van der Waals surface area contributed by atoms with Crippen LogP contribution in [0.15, 0.2) is 62.3 Å². The van der Waals surface area contributed by atoms with E-state index in [1.165, 1.54) is 5.56 Å². The standard InChI is InChI=1S/C18H16BrN3O2S/c1-12-5-7-15(8-6-12)25-10-9-16(23)20-18-22-21-17(24-18)13-3-2-4-14(19)11-13/h2-8,11H,9-10H2,1H3,(H,20,22,23). The molecule has 1 N–H and O–H groups in total. The topological polar surface area (TPSA) is 68.0 Å². The second-order valence-electron chi connectivity index (χ2n) is 5.38. The van der Waals surface area contributed by atoms with Gasteiger partial charge in [0.1, 0.15) is 0 Å². The van der Waals surface area contributed by atoms with Crippen molar-refractivity contribution >= 4 is 39.6 Å². The highest BCUT2D eigenvalue weighted by molar-refractivity contribution is 9.10. The summed E-state index contributed by atoms with van der Waals surface area (Å²) in [5.41, 5.74) is 2.01. The number of hydrogen-bond donors (Lipinski definition) is 1. The van der Waals surface area contributed by atoms with Crippen LogP contribution in [0, 0.1) is 6.92 Å². The van der Waals surface area contributed by atoms with Crippen molar-refractivity contribution in [2.75, 3.05) is 11.1 Å². The first kappa shape index (κ1) is 17.7. The minimum Gasteiger partial charge on any atom is -0.403 e. The van der Waals surface area contributed by atoms with Crippen molar-refractivity contribution < 1.29 is 9.21 Å². The Bertz CT molecular complexity index is 865. The van der Waals surface area contributed by atoms with Crippen LogP contribution in [-0.4, -0.2) is 21.9 Å². The summed E-state index contributed by atoms with van der Waals surface area (Å²) in [6, 6.07) is 15.9. The zero-order chi connectivity index (χ0) is 17.6. The van der Waals surface area contributed by atoms with Gasteiger partial charge in [-0.05, 0) is 37.3 Å². The minimum atomic E-state index is -0.149. The second-order valence-corrected chi connectivity index (χ2v) is 7.47. The van der Waals surface area contributed by atoms with Gasteiger partial charge in [0.25, 0.3) is 0 Å². The van der Waals surface area contributed by atoms with Crippen LogP contribution in [0.3, 0.4) is 0 Å². The first-order valence-corrected chi connectivity index (χ1v) is 9.47. The van der Waals surface area contributed by atoms with Gasteiger partial charge in [-0.1, -0.05) is 44.8 Å². The van der Waals surface area contributed by atoms with Gasteiger partial charge in [-0.25, -0.2) is 0 Å². The molecule has 3 aromatic rings. The maximum atomic E-state index is 12.0. The third kappa shape index (κ3) is 5.17. The number of aryl methyl sites for hydroxylation is 1. The number of benzene rings is 2. The Morgan fingerprint density at radius 1 is 1.20 bits per heavy atom. The third-order valence-electron chi connectivity index (χ3n) is 3.36. The van der Waals surface area contributed by atoms with Crippen LogP contribution in [0.5, 0.6) is 0 Å². The molecular weight excluding hydrogens is 402 g/mol.